The number of carboxylic acid groups (broad SMARTS) is 1. The van der Waals surface area contributed by atoms with Crippen LogP contribution in [0.1, 0.15) is 42.4 Å². The Balaban J connectivity index is 1.93. The molecular weight excluding hydrogens is 284 g/mol. The number of carboxylic acids is 1. The molecule has 1 aliphatic heterocycles. The third-order valence-electron chi connectivity index (χ3n) is 3.99. The lowest BCUT2D eigenvalue weighted by Gasteiger charge is -2.21. The molecule has 116 valence electrons. The first kappa shape index (κ1) is 14.5. The molecule has 1 saturated heterocycles. The standard InChI is InChI=1S/C15H18N4O3/c1-2-4-12-16-17-13-7-6-10(9-19(12)13)14(20)18-8-3-5-11(18)15(21)22/h6-7,9,11H,2-5,8H2,1H3,(H,21,22). The van der Waals surface area contributed by atoms with E-state index in [1.54, 1.807) is 18.3 Å². The van der Waals surface area contributed by atoms with Gasteiger partial charge in [-0.2, -0.15) is 0 Å². The van der Waals surface area contributed by atoms with Gasteiger partial charge in [0.1, 0.15) is 11.9 Å². The lowest BCUT2D eigenvalue weighted by molar-refractivity contribution is -0.141. The fourth-order valence-electron chi connectivity index (χ4n) is 2.89. The number of aliphatic carboxylic acids is 1. The van der Waals surface area contributed by atoms with Crippen molar-refractivity contribution in [2.45, 2.75) is 38.6 Å². The van der Waals surface area contributed by atoms with Gasteiger partial charge in [-0.15, -0.1) is 10.2 Å². The zero-order chi connectivity index (χ0) is 15.7. The van der Waals surface area contributed by atoms with Crippen molar-refractivity contribution in [3.63, 3.8) is 0 Å². The van der Waals surface area contributed by atoms with E-state index in [1.807, 2.05) is 4.40 Å². The highest BCUT2D eigenvalue weighted by Crippen LogP contribution is 2.21. The summed E-state index contributed by atoms with van der Waals surface area (Å²) in [4.78, 5) is 25.3. The predicted molar refractivity (Wildman–Crippen MR) is 78.7 cm³/mol. The quantitative estimate of drug-likeness (QED) is 0.921. The third kappa shape index (κ3) is 2.43. The molecule has 1 unspecified atom stereocenters. The van der Waals surface area contributed by atoms with Crippen molar-refractivity contribution in [2.75, 3.05) is 6.54 Å². The highest BCUT2D eigenvalue weighted by Gasteiger charge is 2.34. The van der Waals surface area contributed by atoms with E-state index in [1.165, 1.54) is 4.90 Å². The Labute approximate surface area is 127 Å². The summed E-state index contributed by atoms with van der Waals surface area (Å²) in [5, 5.41) is 17.4. The fraction of sp³-hybridized carbons (Fsp3) is 0.467. The Morgan fingerprint density at radius 2 is 2.18 bits per heavy atom. The molecule has 0 aliphatic carbocycles. The minimum absolute atomic E-state index is 0.247. The van der Waals surface area contributed by atoms with Gasteiger partial charge in [0.05, 0.1) is 5.56 Å². The monoisotopic (exact) mass is 302 g/mol. The second-order valence-corrected chi connectivity index (χ2v) is 5.51. The van der Waals surface area contributed by atoms with Gasteiger partial charge in [-0.1, -0.05) is 6.92 Å². The maximum Gasteiger partial charge on any atom is 0.326 e. The molecule has 7 nitrogen and oxygen atoms in total. The Hall–Kier alpha value is -2.44. The summed E-state index contributed by atoms with van der Waals surface area (Å²) in [5.74, 6) is -0.380. The molecular formula is C15H18N4O3. The molecule has 0 saturated carbocycles. The first-order valence-electron chi connectivity index (χ1n) is 7.49. The number of pyridine rings is 1. The van der Waals surface area contributed by atoms with E-state index in [0.29, 0.717) is 24.2 Å². The second-order valence-electron chi connectivity index (χ2n) is 5.51. The average Bonchev–Trinajstić information content (AvgIpc) is 3.13. The van der Waals surface area contributed by atoms with Gasteiger partial charge in [-0.05, 0) is 31.4 Å². The molecule has 0 bridgehead atoms. The summed E-state index contributed by atoms with van der Waals surface area (Å²) >= 11 is 0. The molecule has 1 fully saturated rings. The van der Waals surface area contributed by atoms with E-state index in [2.05, 4.69) is 17.1 Å². The number of likely N-dealkylation sites (tertiary alicyclic amines) is 1. The number of fused-ring (bicyclic) bond motifs is 1. The molecule has 1 N–H and O–H groups in total. The summed E-state index contributed by atoms with van der Waals surface area (Å²) in [6, 6.07) is 2.70. The zero-order valence-electron chi connectivity index (χ0n) is 12.4. The minimum atomic E-state index is -0.942. The first-order chi connectivity index (χ1) is 10.6. The van der Waals surface area contributed by atoms with Crippen LogP contribution in [0.4, 0.5) is 0 Å². The van der Waals surface area contributed by atoms with Crippen LogP contribution in [0.5, 0.6) is 0 Å². The normalized spacial score (nSPS) is 18.0. The van der Waals surface area contributed by atoms with Crippen molar-refractivity contribution in [1.29, 1.82) is 0 Å². The van der Waals surface area contributed by atoms with E-state index >= 15 is 0 Å². The predicted octanol–water partition coefficient (Wildman–Crippen LogP) is 1.37. The first-order valence-corrected chi connectivity index (χ1v) is 7.49. The van der Waals surface area contributed by atoms with Crippen LogP contribution in [-0.4, -0.2) is 49.1 Å². The molecule has 22 heavy (non-hydrogen) atoms. The highest BCUT2D eigenvalue weighted by atomic mass is 16.4. The summed E-state index contributed by atoms with van der Waals surface area (Å²) < 4.78 is 1.81. The molecule has 0 spiro atoms. The number of hydrogen-bond donors (Lipinski definition) is 1. The SMILES string of the molecule is CCCc1nnc2ccc(C(=O)N3CCCC3C(=O)O)cn12. The molecule has 0 aromatic carbocycles. The number of aromatic nitrogens is 3. The van der Waals surface area contributed by atoms with Crippen molar-refractivity contribution in [3.05, 3.63) is 29.7 Å². The van der Waals surface area contributed by atoms with Gasteiger partial charge in [-0.3, -0.25) is 9.20 Å². The molecule has 2 aromatic heterocycles. The van der Waals surface area contributed by atoms with Gasteiger partial charge < -0.3 is 10.0 Å². The van der Waals surface area contributed by atoms with Crippen LogP contribution in [0, 0.1) is 0 Å². The van der Waals surface area contributed by atoms with Crippen molar-refractivity contribution in [1.82, 2.24) is 19.5 Å². The number of rotatable bonds is 4. The summed E-state index contributed by atoms with van der Waals surface area (Å²) in [5.41, 5.74) is 1.16. The number of amides is 1. The van der Waals surface area contributed by atoms with E-state index < -0.39 is 12.0 Å². The highest BCUT2D eigenvalue weighted by molar-refractivity contribution is 5.97. The van der Waals surface area contributed by atoms with Crippen molar-refractivity contribution in [2.24, 2.45) is 0 Å². The van der Waals surface area contributed by atoms with Gasteiger partial charge >= 0.3 is 5.97 Å². The Kier molecular flexibility index (Phi) is 3.79. The summed E-state index contributed by atoms with van der Waals surface area (Å²) in [6.45, 7) is 2.54. The van der Waals surface area contributed by atoms with Crippen LogP contribution in [-0.2, 0) is 11.2 Å². The van der Waals surface area contributed by atoms with Crippen LogP contribution in [0.25, 0.3) is 5.65 Å². The number of aryl methyl sites for hydroxylation is 1. The topological polar surface area (TPSA) is 87.8 Å². The maximum atomic E-state index is 12.6. The van der Waals surface area contributed by atoms with E-state index in [-0.39, 0.29) is 5.91 Å². The molecule has 3 heterocycles. The van der Waals surface area contributed by atoms with Crippen LogP contribution in [0.3, 0.4) is 0 Å². The van der Waals surface area contributed by atoms with Crippen LogP contribution in [0.15, 0.2) is 18.3 Å². The smallest absolute Gasteiger partial charge is 0.326 e. The van der Waals surface area contributed by atoms with Crippen LogP contribution >= 0.6 is 0 Å². The van der Waals surface area contributed by atoms with Crippen LogP contribution in [0.2, 0.25) is 0 Å². The number of hydrogen-bond acceptors (Lipinski definition) is 4. The van der Waals surface area contributed by atoms with Crippen LogP contribution < -0.4 is 0 Å². The fourth-order valence-corrected chi connectivity index (χ4v) is 2.89. The minimum Gasteiger partial charge on any atom is -0.480 e. The Morgan fingerprint density at radius 3 is 2.91 bits per heavy atom. The molecule has 1 amide bonds. The molecule has 7 heteroatoms. The molecule has 0 radical (unpaired) electrons. The van der Waals surface area contributed by atoms with E-state index in [0.717, 1.165) is 25.1 Å². The Bertz CT molecular complexity index is 725. The number of nitrogens with zero attached hydrogens (tertiary/aromatic N) is 4. The molecule has 1 aliphatic rings. The van der Waals surface area contributed by atoms with Gasteiger partial charge in [-0.25, -0.2) is 4.79 Å². The van der Waals surface area contributed by atoms with E-state index in [9.17, 15) is 14.7 Å². The largest absolute Gasteiger partial charge is 0.480 e. The average molecular weight is 302 g/mol. The second kappa shape index (κ2) is 5.75. The maximum absolute atomic E-state index is 12.6. The van der Waals surface area contributed by atoms with Crippen molar-refractivity contribution < 1.29 is 14.7 Å². The third-order valence-corrected chi connectivity index (χ3v) is 3.99. The summed E-state index contributed by atoms with van der Waals surface area (Å²) in [7, 11) is 0. The zero-order valence-corrected chi connectivity index (χ0v) is 12.4. The molecule has 3 rings (SSSR count). The van der Waals surface area contributed by atoms with Crippen molar-refractivity contribution in [3.8, 4) is 0 Å². The lowest BCUT2D eigenvalue weighted by Crippen LogP contribution is -2.40. The molecule has 1 atom stereocenters. The van der Waals surface area contributed by atoms with Gasteiger partial charge in [0.25, 0.3) is 5.91 Å². The summed E-state index contributed by atoms with van der Waals surface area (Å²) in [6.07, 6.45) is 4.65. The van der Waals surface area contributed by atoms with Gasteiger partial charge in [0, 0.05) is 19.2 Å². The number of carbonyl (C=O) groups excluding carboxylic acids is 1. The van der Waals surface area contributed by atoms with Gasteiger partial charge in [0.15, 0.2) is 5.65 Å². The van der Waals surface area contributed by atoms with Crippen molar-refractivity contribution >= 4 is 17.5 Å². The lowest BCUT2D eigenvalue weighted by atomic mass is 10.2. The number of carbonyl (C=O) groups is 2. The van der Waals surface area contributed by atoms with Gasteiger partial charge in [0.2, 0.25) is 0 Å². The van der Waals surface area contributed by atoms with E-state index in [4.69, 9.17) is 0 Å². The Morgan fingerprint density at radius 1 is 1.36 bits per heavy atom. The molecule has 2 aromatic rings.